The summed E-state index contributed by atoms with van der Waals surface area (Å²) in [6, 6.07) is 8.49. The van der Waals surface area contributed by atoms with Gasteiger partial charge in [-0.25, -0.2) is 4.68 Å². The molecule has 26 heavy (non-hydrogen) atoms. The summed E-state index contributed by atoms with van der Waals surface area (Å²) in [5, 5.41) is 16.9. The third-order valence-corrected chi connectivity index (χ3v) is 4.01. The monoisotopic (exact) mass is 354 g/mol. The summed E-state index contributed by atoms with van der Waals surface area (Å²) in [5.74, 6) is -0.908. The molecule has 0 fully saturated rings. The molecule has 0 saturated heterocycles. The molecule has 1 amide bonds. The molecule has 0 unspecified atom stereocenters. The first-order valence-corrected chi connectivity index (χ1v) is 7.84. The molecule has 2 N–H and O–H groups in total. The number of amides is 1. The fourth-order valence-electron chi connectivity index (χ4n) is 2.95. The molecule has 0 aliphatic carbocycles. The predicted octanol–water partition coefficient (Wildman–Crippen LogP) is 2.02. The molecule has 3 aromatic rings. The number of nitrogens with zero attached hydrogens (tertiary/aromatic N) is 5. The van der Waals surface area contributed by atoms with Gasteiger partial charge in [0.25, 0.3) is 5.91 Å². The third-order valence-electron chi connectivity index (χ3n) is 4.01. The molecule has 0 saturated carbocycles. The van der Waals surface area contributed by atoms with Crippen LogP contribution < -0.4 is 15.5 Å². The van der Waals surface area contributed by atoms with E-state index in [0.717, 1.165) is 0 Å². The lowest BCUT2D eigenvalue weighted by Gasteiger charge is -2.30. The van der Waals surface area contributed by atoms with E-state index in [-0.39, 0.29) is 11.4 Å². The van der Waals surface area contributed by atoms with Gasteiger partial charge in [0, 0.05) is 18.1 Å². The van der Waals surface area contributed by atoms with Crippen LogP contribution in [0.1, 0.15) is 28.7 Å². The van der Waals surface area contributed by atoms with E-state index in [2.05, 4.69) is 20.6 Å². The average molecular weight is 354 g/mol. The van der Waals surface area contributed by atoms with Crippen molar-refractivity contribution in [1.29, 1.82) is 0 Å². The van der Waals surface area contributed by atoms with Crippen molar-refractivity contribution in [3.63, 3.8) is 0 Å². The maximum atomic E-state index is 12.4. The first kappa shape index (κ1) is 11.2. The highest BCUT2D eigenvalue weighted by Gasteiger charge is 2.24. The molecule has 0 atom stereocenters. The molecule has 0 radical (unpaired) electrons. The molecule has 4 rings (SSSR count). The Hall–Kier alpha value is -3.42. The normalized spacial score (nSPS) is 17.6. The van der Waals surface area contributed by atoms with Crippen LogP contribution in [0.15, 0.2) is 36.5 Å². The van der Waals surface area contributed by atoms with Crippen LogP contribution >= 0.6 is 0 Å². The lowest BCUT2D eigenvalue weighted by molar-refractivity contribution is 0.0958. The summed E-state index contributed by atoms with van der Waals surface area (Å²) in [6.45, 7) is -2.73. The standard InChI is InChI=1S/C18H19N7O/c1-11-9-12-10-24(3)17-14(5-4-6-15(17)25(12)23-11)21-13-7-8-20-22-16(13)18(26)19-2/h4-9H,10H2,1-3H3,(H,19,26)(H,20,21)/i2D3,10D2. The molecule has 1 aromatic carbocycles. The van der Waals surface area contributed by atoms with Crippen molar-refractivity contribution in [2.24, 2.45) is 0 Å². The van der Waals surface area contributed by atoms with Gasteiger partial charge in [0.15, 0.2) is 5.69 Å². The van der Waals surface area contributed by atoms with Crippen LogP contribution in [0.3, 0.4) is 0 Å². The van der Waals surface area contributed by atoms with Gasteiger partial charge in [-0.15, -0.1) is 5.10 Å². The second-order valence-corrected chi connectivity index (χ2v) is 5.80. The van der Waals surface area contributed by atoms with E-state index in [0.29, 0.717) is 28.5 Å². The minimum absolute atomic E-state index is 0.201. The summed E-state index contributed by atoms with van der Waals surface area (Å²) in [4.78, 5) is 13.9. The smallest absolute Gasteiger partial charge is 0.273 e. The lowest BCUT2D eigenvalue weighted by atomic mass is 10.1. The Balaban J connectivity index is 1.80. The second-order valence-electron chi connectivity index (χ2n) is 5.80. The number of rotatable bonds is 3. The van der Waals surface area contributed by atoms with Crippen molar-refractivity contribution in [3.05, 3.63) is 53.6 Å². The van der Waals surface area contributed by atoms with E-state index in [1.165, 1.54) is 17.2 Å². The number of fused-ring (bicyclic) bond motifs is 3. The van der Waals surface area contributed by atoms with Crippen LogP contribution in [-0.2, 0) is 6.50 Å². The van der Waals surface area contributed by atoms with Gasteiger partial charge in [0.05, 0.1) is 49.6 Å². The quantitative estimate of drug-likeness (QED) is 0.748. The Labute approximate surface area is 157 Å². The van der Waals surface area contributed by atoms with Crippen LogP contribution in [-0.4, -0.2) is 39.9 Å². The molecule has 1 aliphatic rings. The van der Waals surface area contributed by atoms with Gasteiger partial charge < -0.3 is 15.5 Å². The topological polar surface area (TPSA) is 88.0 Å². The maximum Gasteiger partial charge on any atom is 0.273 e. The van der Waals surface area contributed by atoms with Gasteiger partial charge in [-0.1, -0.05) is 6.07 Å². The highest BCUT2D eigenvalue weighted by atomic mass is 16.1. The Bertz CT molecular complexity index is 1170. The number of para-hydroxylation sites is 1. The largest absolute Gasteiger partial charge is 0.365 e. The van der Waals surface area contributed by atoms with E-state index in [1.54, 1.807) is 36.9 Å². The Kier molecular flexibility index (Phi) is 2.66. The zero-order valence-corrected chi connectivity index (χ0v) is 14.1. The van der Waals surface area contributed by atoms with Gasteiger partial charge in [0.2, 0.25) is 0 Å². The predicted molar refractivity (Wildman–Crippen MR) is 99.1 cm³/mol. The van der Waals surface area contributed by atoms with Crippen molar-refractivity contribution in [2.75, 3.05) is 24.2 Å². The zero-order chi connectivity index (χ0) is 22.6. The summed E-state index contributed by atoms with van der Waals surface area (Å²) < 4.78 is 40.5. The number of carbonyl (C=O) groups is 1. The van der Waals surface area contributed by atoms with E-state index in [4.69, 9.17) is 6.85 Å². The molecule has 0 spiro atoms. The van der Waals surface area contributed by atoms with Crippen molar-refractivity contribution in [2.45, 2.75) is 13.4 Å². The Morgan fingerprint density at radius 3 is 3.08 bits per heavy atom. The number of hydrogen-bond donors (Lipinski definition) is 2. The second kappa shape index (κ2) is 6.14. The van der Waals surface area contributed by atoms with E-state index in [1.807, 2.05) is 11.4 Å². The first-order chi connectivity index (χ1) is 14.5. The number of nitrogens with one attached hydrogen (secondary N) is 2. The molecule has 2 aromatic heterocycles. The third kappa shape index (κ3) is 2.55. The van der Waals surface area contributed by atoms with Gasteiger partial charge in [-0.3, -0.25) is 4.79 Å². The van der Waals surface area contributed by atoms with Gasteiger partial charge in [-0.05, 0) is 31.2 Å². The van der Waals surface area contributed by atoms with Crippen molar-refractivity contribution in [1.82, 2.24) is 25.3 Å². The molecule has 8 heteroatoms. The van der Waals surface area contributed by atoms with E-state index in [9.17, 15) is 4.79 Å². The minimum atomic E-state index is -2.68. The first-order valence-electron chi connectivity index (χ1n) is 10.3. The molecule has 0 bridgehead atoms. The minimum Gasteiger partial charge on any atom is -0.365 e. The van der Waals surface area contributed by atoms with Crippen LogP contribution in [0.4, 0.5) is 17.1 Å². The summed E-state index contributed by atoms with van der Waals surface area (Å²) in [6.07, 6.45) is 1.36. The lowest BCUT2D eigenvalue weighted by Crippen LogP contribution is -2.26. The molecular formula is C18H19N7O. The molecule has 8 nitrogen and oxygen atoms in total. The van der Waals surface area contributed by atoms with Gasteiger partial charge >= 0.3 is 0 Å². The van der Waals surface area contributed by atoms with E-state index < -0.39 is 19.4 Å². The SMILES string of the molecule is [2H]C([2H])([2H])NC(=O)c1nnccc1Nc1cccc2c1N(C)C([2H])([2H])c1cc(C)nn1-2. The number of aryl methyl sites for hydroxylation is 1. The molecular weight excluding hydrogens is 330 g/mol. The maximum absolute atomic E-state index is 12.4. The molecule has 3 heterocycles. The van der Waals surface area contributed by atoms with Gasteiger partial charge in [0.1, 0.15) is 0 Å². The highest BCUT2D eigenvalue weighted by Crippen LogP contribution is 2.38. The Morgan fingerprint density at radius 1 is 1.35 bits per heavy atom. The van der Waals surface area contributed by atoms with Crippen molar-refractivity contribution < 1.29 is 11.6 Å². The summed E-state index contributed by atoms with van der Waals surface area (Å²) in [5.41, 5.74) is 2.76. The Morgan fingerprint density at radius 2 is 2.23 bits per heavy atom. The number of anilines is 3. The number of aromatic nitrogens is 4. The van der Waals surface area contributed by atoms with Crippen LogP contribution in [0, 0.1) is 6.92 Å². The van der Waals surface area contributed by atoms with Crippen molar-refractivity contribution in [3.8, 4) is 5.69 Å². The fraction of sp³-hybridized carbons (Fsp3) is 0.222. The summed E-state index contributed by atoms with van der Waals surface area (Å²) in [7, 11) is 1.63. The van der Waals surface area contributed by atoms with Crippen LogP contribution in [0.2, 0.25) is 0 Å². The fourth-order valence-corrected chi connectivity index (χ4v) is 2.95. The van der Waals surface area contributed by atoms with E-state index >= 15 is 0 Å². The highest BCUT2D eigenvalue weighted by molar-refractivity contribution is 5.98. The van der Waals surface area contributed by atoms with Crippen LogP contribution in [0.5, 0.6) is 0 Å². The van der Waals surface area contributed by atoms with Crippen LogP contribution in [0.25, 0.3) is 5.69 Å². The average Bonchev–Trinajstić information content (AvgIpc) is 3.08. The zero-order valence-electron chi connectivity index (χ0n) is 19.1. The number of hydrogen-bond acceptors (Lipinski definition) is 6. The number of carbonyl (C=O) groups excluding carboxylic acids is 1. The van der Waals surface area contributed by atoms with Gasteiger partial charge in [-0.2, -0.15) is 10.2 Å². The molecule has 132 valence electrons. The number of benzene rings is 1. The summed E-state index contributed by atoms with van der Waals surface area (Å²) >= 11 is 0. The molecule has 1 aliphatic heterocycles. The van der Waals surface area contributed by atoms with Crippen molar-refractivity contribution >= 4 is 23.0 Å².